The number of hydrogen-bond acceptors (Lipinski definition) is 5. The summed E-state index contributed by atoms with van der Waals surface area (Å²) in [6.45, 7) is 0. The van der Waals surface area contributed by atoms with Gasteiger partial charge in [0, 0.05) is 43.6 Å². The number of aromatic nitrogens is 4. The molecule has 0 N–H and O–H groups in total. The number of hydrogen-bond donors (Lipinski definition) is 0. The van der Waals surface area contributed by atoms with Crippen LogP contribution in [0.1, 0.15) is 0 Å². The summed E-state index contributed by atoms with van der Waals surface area (Å²) in [7, 11) is 0. The van der Waals surface area contributed by atoms with Crippen molar-refractivity contribution in [1.29, 1.82) is 0 Å². The molecule has 4 heterocycles. The Balaban J connectivity index is 0.972. The maximum Gasteiger partial charge on any atom is 0.164 e. The molecule has 6 nitrogen and oxygen atoms in total. The molecule has 57 heavy (non-hydrogen) atoms. The van der Waals surface area contributed by atoms with Crippen molar-refractivity contribution < 1.29 is 8.83 Å². The molecule has 0 bridgehead atoms. The van der Waals surface area contributed by atoms with Crippen LogP contribution in [0.5, 0.6) is 0 Å². The first-order valence-electron chi connectivity index (χ1n) is 19.0. The van der Waals surface area contributed by atoms with Crippen LogP contribution in [0.3, 0.4) is 0 Å². The average molecular weight is 731 g/mol. The summed E-state index contributed by atoms with van der Waals surface area (Å²) in [5.74, 6) is 1.84. The van der Waals surface area contributed by atoms with Crippen LogP contribution in [0.15, 0.2) is 191 Å². The highest BCUT2D eigenvalue weighted by molar-refractivity contribution is 6.15. The van der Waals surface area contributed by atoms with E-state index in [2.05, 4.69) is 108 Å². The van der Waals surface area contributed by atoms with Crippen molar-refractivity contribution in [3.05, 3.63) is 182 Å². The maximum atomic E-state index is 6.49. The summed E-state index contributed by atoms with van der Waals surface area (Å²) in [4.78, 5) is 14.7. The molecule has 0 aliphatic rings. The molecule has 12 aromatic rings. The van der Waals surface area contributed by atoms with Gasteiger partial charge in [-0.3, -0.25) is 0 Å². The predicted octanol–water partition coefficient (Wildman–Crippen LogP) is 13.4. The standard InChI is InChI=1S/C51H30N4O2/c1-3-12-31(13-4-1)49-52-50(32-14-5-2-6-15-32)54-51(53-49)35-22-25-37-40-29-34(24-27-45(40)57-47(37)30-35)33-23-26-42-39(28-33)36-16-7-9-18-41(36)55(42)43-19-11-21-46-48(43)38-17-8-10-20-44(38)56-46/h1-30H. The Morgan fingerprint density at radius 1 is 0.316 bits per heavy atom. The van der Waals surface area contributed by atoms with Gasteiger partial charge in [-0.1, -0.05) is 121 Å². The van der Waals surface area contributed by atoms with E-state index in [1.54, 1.807) is 0 Å². The summed E-state index contributed by atoms with van der Waals surface area (Å²) in [6.07, 6.45) is 0. The first-order valence-corrected chi connectivity index (χ1v) is 19.0. The minimum Gasteiger partial charge on any atom is -0.456 e. The molecule has 0 amide bonds. The SMILES string of the molecule is c1ccc(-c2nc(-c3ccccc3)nc(-c3ccc4c(c3)oc3ccc(-c5ccc6c(c5)c5ccccc5n6-c5cccc6oc7ccccc7c56)cc34)n2)cc1. The lowest BCUT2D eigenvalue weighted by Gasteiger charge is -2.10. The van der Waals surface area contributed by atoms with E-state index in [-0.39, 0.29) is 0 Å². The number of benzene rings is 8. The van der Waals surface area contributed by atoms with Crippen LogP contribution < -0.4 is 0 Å². The van der Waals surface area contributed by atoms with Gasteiger partial charge in [0.2, 0.25) is 0 Å². The molecule has 0 saturated heterocycles. The fourth-order valence-corrected chi connectivity index (χ4v) is 8.39. The van der Waals surface area contributed by atoms with Gasteiger partial charge in [-0.2, -0.15) is 0 Å². The Kier molecular flexibility index (Phi) is 6.83. The Morgan fingerprint density at radius 3 is 1.65 bits per heavy atom. The predicted molar refractivity (Wildman–Crippen MR) is 230 cm³/mol. The van der Waals surface area contributed by atoms with Gasteiger partial charge in [-0.15, -0.1) is 0 Å². The normalized spacial score (nSPS) is 11.9. The third-order valence-electron chi connectivity index (χ3n) is 11.1. The minimum absolute atomic E-state index is 0.593. The monoisotopic (exact) mass is 730 g/mol. The van der Waals surface area contributed by atoms with E-state index in [0.717, 1.165) is 88.4 Å². The van der Waals surface area contributed by atoms with Gasteiger partial charge in [0.15, 0.2) is 17.5 Å². The van der Waals surface area contributed by atoms with Gasteiger partial charge in [-0.25, -0.2) is 15.0 Å². The van der Waals surface area contributed by atoms with Crippen molar-refractivity contribution in [1.82, 2.24) is 19.5 Å². The molecule has 0 radical (unpaired) electrons. The Hall–Kier alpha value is -7.83. The number of nitrogens with zero attached hydrogens (tertiary/aromatic N) is 4. The summed E-state index contributed by atoms with van der Waals surface area (Å²) >= 11 is 0. The number of rotatable bonds is 5. The van der Waals surface area contributed by atoms with Crippen molar-refractivity contribution >= 4 is 65.7 Å². The lowest BCUT2D eigenvalue weighted by Crippen LogP contribution is -2.00. The maximum absolute atomic E-state index is 6.49. The van der Waals surface area contributed by atoms with Gasteiger partial charge in [-0.05, 0) is 71.8 Å². The van der Waals surface area contributed by atoms with Crippen molar-refractivity contribution in [3.63, 3.8) is 0 Å². The Bertz CT molecular complexity index is 3470. The number of furan rings is 2. The topological polar surface area (TPSA) is 69.9 Å². The second kappa shape index (κ2) is 12.3. The van der Waals surface area contributed by atoms with E-state index in [0.29, 0.717) is 17.5 Å². The van der Waals surface area contributed by atoms with Gasteiger partial charge in [0.05, 0.1) is 22.1 Å². The van der Waals surface area contributed by atoms with E-state index >= 15 is 0 Å². The molecule has 266 valence electrons. The van der Waals surface area contributed by atoms with E-state index in [9.17, 15) is 0 Å². The summed E-state index contributed by atoms with van der Waals surface area (Å²) in [5, 5.41) is 6.71. The van der Waals surface area contributed by atoms with Gasteiger partial charge >= 0.3 is 0 Å². The van der Waals surface area contributed by atoms with E-state index < -0.39 is 0 Å². The summed E-state index contributed by atoms with van der Waals surface area (Å²) in [6, 6.07) is 62.8. The molecule has 0 spiro atoms. The number of para-hydroxylation sites is 2. The van der Waals surface area contributed by atoms with Gasteiger partial charge in [0.1, 0.15) is 22.3 Å². The van der Waals surface area contributed by atoms with E-state index in [1.807, 2.05) is 78.9 Å². The van der Waals surface area contributed by atoms with Crippen molar-refractivity contribution in [3.8, 4) is 51.0 Å². The van der Waals surface area contributed by atoms with Crippen molar-refractivity contribution in [2.24, 2.45) is 0 Å². The van der Waals surface area contributed by atoms with Gasteiger partial charge in [0.25, 0.3) is 0 Å². The smallest absolute Gasteiger partial charge is 0.164 e. The molecule has 8 aromatic carbocycles. The fourth-order valence-electron chi connectivity index (χ4n) is 8.39. The minimum atomic E-state index is 0.593. The molecule has 0 atom stereocenters. The quantitative estimate of drug-likeness (QED) is 0.176. The van der Waals surface area contributed by atoms with Crippen LogP contribution in [0.4, 0.5) is 0 Å². The molecule has 0 unspecified atom stereocenters. The average Bonchev–Trinajstić information content (AvgIpc) is 3.95. The molecular weight excluding hydrogens is 701 g/mol. The van der Waals surface area contributed by atoms with Crippen LogP contribution in [0.2, 0.25) is 0 Å². The van der Waals surface area contributed by atoms with Crippen LogP contribution in [-0.4, -0.2) is 19.5 Å². The van der Waals surface area contributed by atoms with Crippen molar-refractivity contribution in [2.75, 3.05) is 0 Å². The lowest BCUT2D eigenvalue weighted by molar-refractivity contribution is 0.668. The third-order valence-corrected chi connectivity index (χ3v) is 11.1. The first-order chi connectivity index (χ1) is 28.2. The molecular formula is C51H30N4O2. The third kappa shape index (κ3) is 5.01. The first kappa shape index (κ1) is 31.5. The largest absolute Gasteiger partial charge is 0.456 e. The molecule has 0 saturated carbocycles. The van der Waals surface area contributed by atoms with E-state index in [1.165, 1.54) is 10.8 Å². The highest BCUT2D eigenvalue weighted by Gasteiger charge is 2.19. The molecule has 0 aliphatic heterocycles. The molecule has 6 heteroatoms. The zero-order valence-electron chi connectivity index (χ0n) is 30.4. The fraction of sp³-hybridized carbons (Fsp3) is 0. The highest BCUT2D eigenvalue weighted by Crippen LogP contribution is 2.41. The molecule has 0 fully saturated rings. The van der Waals surface area contributed by atoms with E-state index in [4.69, 9.17) is 23.8 Å². The second-order valence-electron chi connectivity index (χ2n) is 14.4. The highest BCUT2D eigenvalue weighted by atomic mass is 16.3. The van der Waals surface area contributed by atoms with Crippen LogP contribution in [0, 0.1) is 0 Å². The summed E-state index contributed by atoms with van der Waals surface area (Å²) < 4.78 is 15.2. The van der Waals surface area contributed by atoms with Crippen LogP contribution in [0.25, 0.3) is 117 Å². The van der Waals surface area contributed by atoms with Crippen molar-refractivity contribution in [2.45, 2.75) is 0 Å². The summed E-state index contributed by atoms with van der Waals surface area (Å²) in [5.41, 5.74) is 11.8. The molecule has 4 aromatic heterocycles. The zero-order valence-corrected chi connectivity index (χ0v) is 30.4. The van der Waals surface area contributed by atoms with Crippen LogP contribution >= 0.6 is 0 Å². The van der Waals surface area contributed by atoms with Crippen LogP contribution in [-0.2, 0) is 0 Å². The molecule has 12 rings (SSSR count). The van der Waals surface area contributed by atoms with Gasteiger partial charge < -0.3 is 13.4 Å². The second-order valence-corrected chi connectivity index (χ2v) is 14.4. The number of fused-ring (bicyclic) bond motifs is 9. The molecule has 0 aliphatic carbocycles. The Morgan fingerprint density at radius 2 is 0.877 bits per heavy atom. The zero-order chi connectivity index (χ0) is 37.5. The Labute approximate surface area is 325 Å². The lowest BCUT2D eigenvalue weighted by atomic mass is 10.0.